The van der Waals surface area contributed by atoms with E-state index in [9.17, 15) is 13.2 Å². The standard InChI is InChI=1S/C14H10F3N3/c15-14(16,17)10-3-1-2-9(8-10)12-5-4-11(19)13(20-12)6-7-18/h1-5,8H,6,19H2. The molecule has 0 saturated carbocycles. The second-order valence-corrected chi connectivity index (χ2v) is 4.15. The van der Waals surface area contributed by atoms with Gasteiger partial charge in [-0.05, 0) is 24.3 Å². The molecule has 0 aliphatic carbocycles. The van der Waals surface area contributed by atoms with Gasteiger partial charge in [-0.2, -0.15) is 18.4 Å². The summed E-state index contributed by atoms with van der Waals surface area (Å²) in [7, 11) is 0. The highest BCUT2D eigenvalue weighted by Gasteiger charge is 2.30. The number of aromatic nitrogens is 1. The van der Waals surface area contributed by atoms with E-state index >= 15 is 0 Å². The number of nitrogens with zero attached hydrogens (tertiary/aromatic N) is 2. The zero-order valence-corrected chi connectivity index (χ0v) is 10.3. The number of anilines is 1. The van der Waals surface area contributed by atoms with Crippen LogP contribution >= 0.6 is 0 Å². The molecule has 102 valence electrons. The number of halogens is 3. The number of nitriles is 1. The fourth-order valence-corrected chi connectivity index (χ4v) is 1.74. The predicted molar refractivity (Wildman–Crippen MR) is 68.4 cm³/mol. The third-order valence-electron chi connectivity index (χ3n) is 2.74. The molecule has 0 saturated heterocycles. The lowest BCUT2D eigenvalue weighted by molar-refractivity contribution is -0.137. The Morgan fingerprint density at radius 3 is 2.60 bits per heavy atom. The van der Waals surface area contributed by atoms with Crippen molar-refractivity contribution in [1.82, 2.24) is 4.98 Å². The number of nitrogens with two attached hydrogens (primary N) is 1. The number of hydrogen-bond acceptors (Lipinski definition) is 3. The van der Waals surface area contributed by atoms with Gasteiger partial charge in [0.05, 0.1) is 35.1 Å². The average molecular weight is 277 g/mol. The minimum absolute atomic E-state index is 0.0125. The normalized spacial score (nSPS) is 11.1. The SMILES string of the molecule is N#CCc1nc(-c2cccc(C(F)(F)F)c2)ccc1N. The highest BCUT2D eigenvalue weighted by Crippen LogP contribution is 2.32. The number of nitrogen functional groups attached to an aromatic ring is 1. The smallest absolute Gasteiger partial charge is 0.397 e. The summed E-state index contributed by atoms with van der Waals surface area (Å²) < 4.78 is 38.0. The lowest BCUT2D eigenvalue weighted by atomic mass is 10.1. The molecule has 0 aliphatic rings. The van der Waals surface area contributed by atoms with Crippen molar-refractivity contribution in [3.05, 3.63) is 47.7 Å². The number of hydrogen-bond donors (Lipinski definition) is 1. The monoisotopic (exact) mass is 277 g/mol. The van der Waals surface area contributed by atoms with Gasteiger partial charge in [-0.1, -0.05) is 12.1 Å². The molecule has 0 atom stereocenters. The molecule has 0 aliphatic heterocycles. The van der Waals surface area contributed by atoms with Crippen molar-refractivity contribution in [3.63, 3.8) is 0 Å². The Morgan fingerprint density at radius 1 is 1.20 bits per heavy atom. The first-order valence-corrected chi connectivity index (χ1v) is 5.72. The van der Waals surface area contributed by atoms with E-state index in [1.165, 1.54) is 24.3 Å². The van der Waals surface area contributed by atoms with Crippen LogP contribution in [0.25, 0.3) is 11.3 Å². The summed E-state index contributed by atoms with van der Waals surface area (Å²) in [5.74, 6) is 0. The third-order valence-corrected chi connectivity index (χ3v) is 2.74. The first kappa shape index (κ1) is 13.9. The molecule has 2 aromatic rings. The number of alkyl halides is 3. The molecule has 0 bridgehead atoms. The minimum atomic E-state index is -4.40. The van der Waals surface area contributed by atoms with Gasteiger partial charge in [0.15, 0.2) is 0 Å². The Balaban J connectivity index is 2.47. The van der Waals surface area contributed by atoms with Crippen molar-refractivity contribution in [2.75, 3.05) is 5.73 Å². The Hall–Kier alpha value is -2.55. The summed E-state index contributed by atoms with van der Waals surface area (Å²) in [6.07, 6.45) is -4.39. The lowest BCUT2D eigenvalue weighted by Crippen LogP contribution is -2.05. The third kappa shape index (κ3) is 2.88. The fraction of sp³-hybridized carbons (Fsp3) is 0.143. The van der Waals surface area contributed by atoms with Crippen LogP contribution in [0.2, 0.25) is 0 Å². The van der Waals surface area contributed by atoms with Crippen LogP contribution in [0.1, 0.15) is 11.3 Å². The van der Waals surface area contributed by atoms with Crippen LogP contribution in [0.3, 0.4) is 0 Å². The van der Waals surface area contributed by atoms with E-state index in [4.69, 9.17) is 11.0 Å². The quantitative estimate of drug-likeness (QED) is 0.914. The van der Waals surface area contributed by atoms with Gasteiger partial charge in [0.1, 0.15) is 0 Å². The largest absolute Gasteiger partial charge is 0.416 e. The van der Waals surface area contributed by atoms with Crippen LogP contribution in [-0.4, -0.2) is 4.98 Å². The average Bonchev–Trinajstić information content (AvgIpc) is 2.41. The molecule has 0 fully saturated rings. The topological polar surface area (TPSA) is 62.7 Å². The van der Waals surface area contributed by atoms with Gasteiger partial charge in [-0.25, -0.2) is 4.98 Å². The maximum absolute atomic E-state index is 12.7. The van der Waals surface area contributed by atoms with Gasteiger partial charge < -0.3 is 5.73 Å². The minimum Gasteiger partial charge on any atom is -0.397 e. The van der Waals surface area contributed by atoms with Gasteiger partial charge in [-0.15, -0.1) is 0 Å². The maximum atomic E-state index is 12.7. The van der Waals surface area contributed by atoms with Crippen molar-refractivity contribution >= 4 is 5.69 Å². The molecule has 20 heavy (non-hydrogen) atoms. The highest BCUT2D eigenvalue weighted by molar-refractivity contribution is 5.63. The molecule has 0 amide bonds. The summed E-state index contributed by atoms with van der Waals surface area (Å²) in [4.78, 5) is 4.14. The molecule has 2 N–H and O–H groups in total. The zero-order valence-electron chi connectivity index (χ0n) is 10.3. The molecule has 1 aromatic heterocycles. The molecule has 1 aromatic carbocycles. The molecule has 0 spiro atoms. The molecule has 0 unspecified atom stereocenters. The fourth-order valence-electron chi connectivity index (χ4n) is 1.74. The molecular weight excluding hydrogens is 267 g/mol. The molecule has 6 heteroatoms. The van der Waals surface area contributed by atoms with Crippen LogP contribution in [-0.2, 0) is 12.6 Å². The Kier molecular flexibility index (Phi) is 3.61. The summed E-state index contributed by atoms with van der Waals surface area (Å²) in [6, 6.07) is 9.86. The van der Waals surface area contributed by atoms with Crippen LogP contribution in [0.5, 0.6) is 0 Å². The van der Waals surface area contributed by atoms with Gasteiger partial charge in [0.2, 0.25) is 0 Å². The van der Waals surface area contributed by atoms with Gasteiger partial charge in [-0.3, -0.25) is 0 Å². The second-order valence-electron chi connectivity index (χ2n) is 4.15. The van der Waals surface area contributed by atoms with E-state index in [0.29, 0.717) is 22.6 Å². The zero-order chi connectivity index (χ0) is 14.8. The number of rotatable bonds is 2. The molecular formula is C14H10F3N3. The van der Waals surface area contributed by atoms with E-state index in [1.54, 1.807) is 0 Å². The summed E-state index contributed by atoms with van der Waals surface area (Å²) in [5.41, 5.74) is 6.32. The van der Waals surface area contributed by atoms with E-state index < -0.39 is 11.7 Å². The van der Waals surface area contributed by atoms with Crippen LogP contribution in [0.4, 0.5) is 18.9 Å². The van der Waals surface area contributed by atoms with Crippen molar-refractivity contribution in [1.29, 1.82) is 5.26 Å². The van der Waals surface area contributed by atoms with Gasteiger partial charge in [0, 0.05) is 5.56 Å². The van der Waals surface area contributed by atoms with Crippen LogP contribution in [0.15, 0.2) is 36.4 Å². The second kappa shape index (κ2) is 5.21. The molecule has 2 rings (SSSR count). The van der Waals surface area contributed by atoms with Gasteiger partial charge in [0.25, 0.3) is 0 Å². The van der Waals surface area contributed by atoms with Crippen LogP contribution < -0.4 is 5.73 Å². The Morgan fingerprint density at radius 2 is 1.95 bits per heavy atom. The highest BCUT2D eigenvalue weighted by atomic mass is 19.4. The molecule has 1 heterocycles. The van der Waals surface area contributed by atoms with E-state index in [2.05, 4.69) is 4.98 Å². The van der Waals surface area contributed by atoms with E-state index in [-0.39, 0.29) is 6.42 Å². The lowest BCUT2D eigenvalue weighted by Gasteiger charge is -2.09. The van der Waals surface area contributed by atoms with Crippen molar-refractivity contribution < 1.29 is 13.2 Å². The van der Waals surface area contributed by atoms with Crippen molar-refractivity contribution in [2.45, 2.75) is 12.6 Å². The van der Waals surface area contributed by atoms with E-state index in [1.807, 2.05) is 6.07 Å². The first-order valence-electron chi connectivity index (χ1n) is 5.72. The van der Waals surface area contributed by atoms with Crippen molar-refractivity contribution in [3.8, 4) is 17.3 Å². The van der Waals surface area contributed by atoms with Crippen LogP contribution in [0, 0.1) is 11.3 Å². The van der Waals surface area contributed by atoms with Crippen molar-refractivity contribution in [2.24, 2.45) is 0 Å². The Labute approximate surface area is 113 Å². The number of benzene rings is 1. The Bertz CT molecular complexity index is 672. The summed E-state index contributed by atoms with van der Waals surface area (Å²) in [6.45, 7) is 0. The van der Waals surface area contributed by atoms with Gasteiger partial charge >= 0.3 is 6.18 Å². The molecule has 3 nitrogen and oxygen atoms in total. The maximum Gasteiger partial charge on any atom is 0.416 e. The molecule has 0 radical (unpaired) electrons. The summed E-state index contributed by atoms with van der Waals surface area (Å²) >= 11 is 0. The van der Waals surface area contributed by atoms with E-state index in [0.717, 1.165) is 12.1 Å². The number of pyridine rings is 1. The summed E-state index contributed by atoms with van der Waals surface area (Å²) in [5, 5.41) is 8.66. The first-order chi connectivity index (χ1) is 9.41. The predicted octanol–water partition coefficient (Wildman–Crippen LogP) is 3.42.